The number of hydrogen-bond acceptors (Lipinski definition) is 8. The highest BCUT2D eigenvalue weighted by Crippen LogP contribution is 2.37. The number of nitriles is 1. The van der Waals surface area contributed by atoms with Gasteiger partial charge < -0.3 is 14.8 Å². The van der Waals surface area contributed by atoms with Gasteiger partial charge in [0.1, 0.15) is 11.1 Å². The van der Waals surface area contributed by atoms with Gasteiger partial charge in [-0.25, -0.2) is 4.79 Å². The number of aryl methyl sites for hydroxylation is 1. The molecule has 1 aromatic heterocycles. The van der Waals surface area contributed by atoms with E-state index in [1.165, 1.54) is 37.5 Å². The van der Waals surface area contributed by atoms with Crippen molar-refractivity contribution < 1.29 is 24.0 Å². The predicted molar refractivity (Wildman–Crippen MR) is 113 cm³/mol. The summed E-state index contributed by atoms with van der Waals surface area (Å²) in [5.74, 6) is -1.45. The lowest BCUT2D eigenvalue weighted by Gasteiger charge is -2.13. The SMILES string of the molecule is COc1ccc(C(=O)OC(C)C(=O)Nc2sc3c(c2C#N)CCCCC3)cc1[N+](=O)[O-]. The van der Waals surface area contributed by atoms with E-state index in [-0.39, 0.29) is 17.0 Å². The van der Waals surface area contributed by atoms with Crippen LogP contribution >= 0.6 is 11.3 Å². The zero-order valence-corrected chi connectivity index (χ0v) is 17.9. The van der Waals surface area contributed by atoms with Crippen molar-refractivity contribution >= 4 is 33.9 Å². The Morgan fingerprint density at radius 3 is 2.71 bits per heavy atom. The zero-order chi connectivity index (χ0) is 22.5. The Labute approximate surface area is 182 Å². The number of methoxy groups -OCH3 is 1. The zero-order valence-electron chi connectivity index (χ0n) is 17.1. The number of ether oxygens (including phenoxy) is 2. The third kappa shape index (κ3) is 4.83. The highest BCUT2D eigenvalue weighted by Gasteiger charge is 2.25. The van der Waals surface area contributed by atoms with E-state index in [4.69, 9.17) is 9.47 Å². The molecule has 0 radical (unpaired) electrons. The average Bonchev–Trinajstić information content (AvgIpc) is 2.91. The van der Waals surface area contributed by atoms with Crippen LogP contribution in [0.5, 0.6) is 5.75 Å². The molecule has 31 heavy (non-hydrogen) atoms. The number of nitro benzene ring substituents is 1. The fraction of sp³-hybridized carbons (Fsp3) is 0.381. The van der Waals surface area contributed by atoms with E-state index in [0.29, 0.717) is 10.6 Å². The number of anilines is 1. The summed E-state index contributed by atoms with van der Waals surface area (Å²) in [6.07, 6.45) is 3.70. The van der Waals surface area contributed by atoms with Crippen molar-refractivity contribution in [3.8, 4) is 11.8 Å². The monoisotopic (exact) mass is 443 g/mol. The summed E-state index contributed by atoms with van der Waals surface area (Å²) in [6, 6.07) is 5.83. The van der Waals surface area contributed by atoms with Gasteiger partial charge in [0.05, 0.1) is 23.2 Å². The molecular weight excluding hydrogens is 422 g/mol. The van der Waals surface area contributed by atoms with Crippen molar-refractivity contribution in [2.45, 2.75) is 45.1 Å². The van der Waals surface area contributed by atoms with E-state index in [1.54, 1.807) is 0 Å². The third-order valence-electron chi connectivity index (χ3n) is 5.03. The predicted octanol–water partition coefficient (Wildman–Crippen LogP) is 3.99. The number of hydrogen-bond donors (Lipinski definition) is 1. The van der Waals surface area contributed by atoms with Crippen molar-refractivity contribution in [3.63, 3.8) is 0 Å². The standard InChI is InChI=1S/C21H21N3O6S/c1-12(30-21(26)13-8-9-17(29-2)16(10-13)24(27)28)19(25)23-20-15(11-22)14-6-4-3-5-7-18(14)31-20/h8-10,12H,3-7H2,1-2H3,(H,23,25). The van der Waals surface area contributed by atoms with Gasteiger partial charge >= 0.3 is 11.7 Å². The maximum Gasteiger partial charge on any atom is 0.339 e. The van der Waals surface area contributed by atoms with Crippen LogP contribution < -0.4 is 10.1 Å². The van der Waals surface area contributed by atoms with Crippen LogP contribution in [0.25, 0.3) is 0 Å². The molecule has 2 aromatic rings. The minimum absolute atomic E-state index is 0.00818. The van der Waals surface area contributed by atoms with Gasteiger partial charge in [-0.1, -0.05) is 6.42 Å². The number of carbonyl (C=O) groups is 2. The Morgan fingerprint density at radius 1 is 1.29 bits per heavy atom. The number of amides is 1. The first kappa shape index (κ1) is 22.2. The van der Waals surface area contributed by atoms with Crippen LogP contribution in [0.3, 0.4) is 0 Å². The molecule has 162 valence electrons. The number of rotatable bonds is 6. The van der Waals surface area contributed by atoms with Gasteiger partial charge in [0.2, 0.25) is 0 Å². The van der Waals surface area contributed by atoms with Crippen LogP contribution in [0.2, 0.25) is 0 Å². The van der Waals surface area contributed by atoms with Gasteiger partial charge in [-0.2, -0.15) is 5.26 Å². The molecule has 1 aliphatic carbocycles. The summed E-state index contributed by atoms with van der Waals surface area (Å²) in [7, 11) is 1.28. The molecule has 10 heteroatoms. The van der Waals surface area contributed by atoms with Crippen molar-refractivity contribution in [1.82, 2.24) is 0 Å². The first-order valence-corrected chi connectivity index (χ1v) is 10.6. The molecule has 0 aliphatic heterocycles. The topological polar surface area (TPSA) is 132 Å². The lowest BCUT2D eigenvalue weighted by Crippen LogP contribution is -2.30. The molecule has 3 rings (SSSR count). The summed E-state index contributed by atoms with van der Waals surface area (Å²) in [4.78, 5) is 36.6. The van der Waals surface area contributed by atoms with Crippen LogP contribution in [0.1, 0.15) is 52.5 Å². The Morgan fingerprint density at radius 2 is 2.03 bits per heavy atom. The summed E-state index contributed by atoms with van der Waals surface area (Å²) in [5, 5.41) is 23.9. The van der Waals surface area contributed by atoms with Crippen LogP contribution in [0.15, 0.2) is 18.2 Å². The first-order valence-electron chi connectivity index (χ1n) is 9.74. The average molecular weight is 443 g/mol. The molecule has 0 bridgehead atoms. The maximum absolute atomic E-state index is 12.6. The number of carbonyl (C=O) groups excluding carboxylic acids is 2. The number of fused-ring (bicyclic) bond motifs is 1. The number of benzene rings is 1. The number of nitrogens with one attached hydrogen (secondary N) is 1. The Hall–Kier alpha value is -3.45. The number of nitro groups is 1. The van der Waals surface area contributed by atoms with E-state index >= 15 is 0 Å². The van der Waals surface area contributed by atoms with Crippen LogP contribution in [0, 0.1) is 21.4 Å². The minimum Gasteiger partial charge on any atom is -0.490 e. The molecular formula is C21H21N3O6S. The van der Waals surface area contributed by atoms with E-state index < -0.39 is 22.9 Å². The molecule has 0 saturated carbocycles. The molecule has 1 aliphatic rings. The Bertz CT molecular complexity index is 1070. The van der Waals surface area contributed by atoms with E-state index in [9.17, 15) is 25.0 Å². The van der Waals surface area contributed by atoms with Crippen LogP contribution in [-0.4, -0.2) is 30.0 Å². The number of esters is 1. The highest BCUT2D eigenvalue weighted by atomic mass is 32.1. The second-order valence-corrected chi connectivity index (χ2v) is 8.17. The molecule has 1 N–H and O–H groups in total. The fourth-order valence-corrected chi connectivity index (χ4v) is 4.65. The highest BCUT2D eigenvalue weighted by molar-refractivity contribution is 7.16. The molecule has 1 amide bonds. The van der Waals surface area contributed by atoms with Gasteiger partial charge in [-0.3, -0.25) is 14.9 Å². The molecule has 0 spiro atoms. The molecule has 9 nitrogen and oxygen atoms in total. The van der Waals surface area contributed by atoms with E-state index in [2.05, 4.69) is 11.4 Å². The summed E-state index contributed by atoms with van der Waals surface area (Å²) in [5.41, 5.74) is 1.01. The van der Waals surface area contributed by atoms with Crippen molar-refractivity contribution in [2.75, 3.05) is 12.4 Å². The van der Waals surface area contributed by atoms with Crippen molar-refractivity contribution in [3.05, 3.63) is 49.9 Å². The number of nitrogens with zero attached hydrogens (tertiary/aromatic N) is 2. The number of thiophene rings is 1. The van der Waals surface area contributed by atoms with Gasteiger partial charge in [0.25, 0.3) is 5.91 Å². The minimum atomic E-state index is -1.16. The summed E-state index contributed by atoms with van der Waals surface area (Å²) < 4.78 is 10.1. The summed E-state index contributed by atoms with van der Waals surface area (Å²) >= 11 is 1.39. The quantitative estimate of drug-likeness (QED) is 0.309. The van der Waals surface area contributed by atoms with Crippen LogP contribution in [0.4, 0.5) is 10.7 Å². The second-order valence-electron chi connectivity index (χ2n) is 7.06. The third-order valence-corrected chi connectivity index (χ3v) is 6.24. The Kier molecular flexibility index (Phi) is 6.87. The lowest BCUT2D eigenvalue weighted by atomic mass is 10.1. The fourth-order valence-electron chi connectivity index (χ4n) is 3.40. The molecule has 1 unspecified atom stereocenters. The molecule has 0 fully saturated rings. The van der Waals surface area contributed by atoms with E-state index in [0.717, 1.165) is 48.6 Å². The molecule has 1 atom stereocenters. The summed E-state index contributed by atoms with van der Waals surface area (Å²) in [6.45, 7) is 1.40. The van der Waals surface area contributed by atoms with Crippen molar-refractivity contribution in [2.24, 2.45) is 0 Å². The van der Waals surface area contributed by atoms with Crippen LogP contribution in [-0.2, 0) is 22.4 Å². The molecule has 0 saturated heterocycles. The van der Waals surface area contributed by atoms with Crippen molar-refractivity contribution in [1.29, 1.82) is 5.26 Å². The lowest BCUT2D eigenvalue weighted by molar-refractivity contribution is -0.385. The van der Waals surface area contributed by atoms with Gasteiger partial charge in [-0.15, -0.1) is 11.3 Å². The first-order chi connectivity index (χ1) is 14.8. The van der Waals surface area contributed by atoms with Gasteiger partial charge in [-0.05, 0) is 50.3 Å². The van der Waals surface area contributed by atoms with Gasteiger partial charge in [0.15, 0.2) is 11.9 Å². The molecule has 1 heterocycles. The smallest absolute Gasteiger partial charge is 0.339 e. The van der Waals surface area contributed by atoms with Gasteiger partial charge in [0, 0.05) is 10.9 Å². The Balaban J connectivity index is 1.72. The largest absolute Gasteiger partial charge is 0.490 e. The second kappa shape index (κ2) is 9.57. The molecule has 1 aromatic carbocycles. The maximum atomic E-state index is 12.6. The normalized spacial score (nSPS) is 13.8. The van der Waals surface area contributed by atoms with E-state index in [1.807, 2.05) is 0 Å².